The van der Waals surface area contributed by atoms with Crippen LogP contribution < -0.4 is 0 Å². The molecule has 0 saturated carbocycles. The van der Waals surface area contributed by atoms with Crippen LogP contribution in [0, 0.1) is 24.0 Å². The highest BCUT2D eigenvalue weighted by atomic mass is 32.2. The highest BCUT2D eigenvalue weighted by molar-refractivity contribution is 7.90. The summed E-state index contributed by atoms with van der Waals surface area (Å²) in [7, 11) is -3.50. The number of aromatic hydroxyl groups is 2. The van der Waals surface area contributed by atoms with E-state index in [2.05, 4.69) is 4.98 Å². The third-order valence-corrected chi connectivity index (χ3v) is 8.05. The normalized spacial score (nSPS) is 11.8. The van der Waals surface area contributed by atoms with Gasteiger partial charge in [-0.15, -0.1) is 0 Å². The van der Waals surface area contributed by atoms with Gasteiger partial charge >= 0.3 is 0 Å². The van der Waals surface area contributed by atoms with Gasteiger partial charge in [0, 0.05) is 24.0 Å². The number of nitro benzene ring substituents is 1. The zero-order valence-corrected chi connectivity index (χ0v) is 21.8. The molecular formula is C25H19N3O8S2. The number of sulfone groups is 1. The number of furan rings is 1. The van der Waals surface area contributed by atoms with Gasteiger partial charge in [-0.1, -0.05) is 23.5 Å². The third-order valence-electron chi connectivity index (χ3n) is 5.93. The molecule has 0 aliphatic rings. The first-order valence-corrected chi connectivity index (χ1v) is 13.7. The van der Waals surface area contributed by atoms with Gasteiger partial charge in [0.1, 0.15) is 11.5 Å². The summed E-state index contributed by atoms with van der Waals surface area (Å²) in [6.07, 6.45) is 1.07. The van der Waals surface area contributed by atoms with Crippen LogP contribution in [0.2, 0.25) is 0 Å². The van der Waals surface area contributed by atoms with Gasteiger partial charge in [-0.25, -0.2) is 13.4 Å². The lowest BCUT2D eigenvalue weighted by Gasteiger charge is -2.09. The van der Waals surface area contributed by atoms with Crippen molar-refractivity contribution in [3.63, 3.8) is 0 Å². The van der Waals surface area contributed by atoms with Crippen molar-refractivity contribution in [1.82, 2.24) is 9.55 Å². The lowest BCUT2D eigenvalue weighted by Crippen LogP contribution is -2.05. The van der Waals surface area contributed by atoms with Crippen molar-refractivity contribution in [1.29, 1.82) is 0 Å². The number of rotatable bonds is 6. The summed E-state index contributed by atoms with van der Waals surface area (Å²) in [5, 5.41) is 33.6. The molecule has 11 nitrogen and oxygen atoms in total. The summed E-state index contributed by atoms with van der Waals surface area (Å²) >= 11 is 1.00. The molecule has 3 aromatic heterocycles. The van der Waals surface area contributed by atoms with Gasteiger partial charge in [0.05, 0.1) is 36.9 Å². The number of benzene rings is 2. The van der Waals surface area contributed by atoms with E-state index in [1.54, 1.807) is 13.8 Å². The number of fused-ring (bicyclic) bond motifs is 1. The number of ketones is 1. The molecule has 0 bridgehead atoms. The Morgan fingerprint density at radius 2 is 1.87 bits per heavy atom. The number of carbonyl (C=O) groups excluding carboxylic acids is 1. The van der Waals surface area contributed by atoms with Crippen LogP contribution >= 0.6 is 11.3 Å². The van der Waals surface area contributed by atoms with Crippen LogP contribution in [0.15, 0.2) is 57.8 Å². The van der Waals surface area contributed by atoms with Crippen LogP contribution in [0.4, 0.5) is 5.69 Å². The van der Waals surface area contributed by atoms with Gasteiger partial charge in [-0.3, -0.25) is 19.5 Å². The topological polar surface area (TPSA) is 166 Å². The quantitative estimate of drug-likeness (QED) is 0.169. The Hall–Kier alpha value is -4.49. The Morgan fingerprint density at radius 1 is 1.13 bits per heavy atom. The van der Waals surface area contributed by atoms with E-state index in [9.17, 15) is 33.5 Å². The number of aryl methyl sites for hydroxylation is 2. The van der Waals surface area contributed by atoms with Gasteiger partial charge in [0.2, 0.25) is 11.7 Å². The Kier molecular flexibility index (Phi) is 5.84. The zero-order valence-electron chi connectivity index (χ0n) is 20.1. The maximum Gasteiger partial charge on any atom is 0.270 e. The van der Waals surface area contributed by atoms with E-state index in [0.717, 1.165) is 22.2 Å². The molecule has 3 heterocycles. The van der Waals surface area contributed by atoms with Crippen molar-refractivity contribution >= 4 is 42.9 Å². The Balaban J connectivity index is 1.82. The molecule has 0 amide bonds. The average molecular weight is 554 g/mol. The fourth-order valence-corrected chi connectivity index (χ4v) is 5.93. The van der Waals surface area contributed by atoms with E-state index >= 15 is 0 Å². The molecule has 5 aromatic rings. The maximum absolute atomic E-state index is 13.7. The molecular weight excluding hydrogens is 534 g/mol. The highest BCUT2D eigenvalue weighted by Gasteiger charge is 2.33. The second-order valence-electron chi connectivity index (χ2n) is 8.59. The molecule has 0 saturated heterocycles. The fraction of sp³-hybridized carbons (Fsp3) is 0.120. The van der Waals surface area contributed by atoms with Gasteiger partial charge in [-0.2, -0.15) is 0 Å². The van der Waals surface area contributed by atoms with Gasteiger partial charge < -0.3 is 14.6 Å². The second kappa shape index (κ2) is 8.82. The van der Waals surface area contributed by atoms with E-state index in [0.29, 0.717) is 16.0 Å². The first kappa shape index (κ1) is 25.2. The number of aromatic nitrogens is 2. The van der Waals surface area contributed by atoms with Crippen molar-refractivity contribution in [2.45, 2.75) is 18.7 Å². The van der Waals surface area contributed by atoms with Gasteiger partial charge in [0.25, 0.3) is 5.69 Å². The first-order chi connectivity index (χ1) is 17.9. The molecule has 0 fully saturated rings. The molecule has 5 rings (SSSR count). The van der Waals surface area contributed by atoms with Crippen molar-refractivity contribution in [3.05, 3.63) is 81.3 Å². The summed E-state index contributed by atoms with van der Waals surface area (Å²) in [6.45, 7) is 3.23. The molecule has 0 unspecified atom stereocenters. The van der Waals surface area contributed by atoms with E-state index in [1.165, 1.54) is 48.5 Å². The summed E-state index contributed by atoms with van der Waals surface area (Å²) in [6, 6.07) is 11.2. The van der Waals surface area contributed by atoms with E-state index in [4.69, 9.17) is 4.42 Å². The Morgan fingerprint density at radius 3 is 2.50 bits per heavy atom. The molecule has 0 spiro atoms. The first-order valence-electron chi connectivity index (χ1n) is 11.0. The minimum absolute atomic E-state index is 0.0330. The molecule has 38 heavy (non-hydrogen) atoms. The molecule has 2 N–H and O–H groups in total. The fourth-order valence-electron chi connectivity index (χ4n) is 4.20. The van der Waals surface area contributed by atoms with Crippen LogP contribution in [-0.4, -0.2) is 45.1 Å². The van der Waals surface area contributed by atoms with Crippen molar-refractivity contribution in [2.24, 2.45) is 0 Å². The highest BCUT2D eigenvalue weighted by Crippen LogP contribution is 2.46. The molecule has 0 radical (unpaired) electrons. The number of nitro groups is 1. The molecule has 2 aromatic carbocycles. The maximum atomic E-state index is 13.7. The number of hydrogen-bond acceptors (Lipinski definition) is 10. The SMILES string of the molecule is Cc1cc(C(=O)c2c(O)c(O)n(-c3nc4ccc(S(C)(=O)=O)cc4s3)c2-c2cccc([N+](=O)[O-])c2)c(C)o1. The van der Waals surface area contributed by atoms with E-state index < -0.39 is 32.2 Å². The molecule has 194 valence electrons. The predicted octanol–water partition coefficient (Wildman–Crippen LogP) is 4.92. The lowest BCUT2D eigenvalue weighted by molar-refractivity contribution is -0.384. The Bertz CT molecular complexity index is 1900. The van der Waals surface area contributed by atoms with Crippen molar-refractivity contribution < 1.29 is 32.8 Å². The smallest absolute Gasteiger partial charge is 0.270 e. The van der Waals surface area contributed by atoms with Crippen LogP contribution in [0.25, 0.3) is 26.6 Å². The number of nitrogens with zero attached hydrogens (tertiary/aromatic N) is 3. The standard InChI is InChI=1S/C25H19N3O8S2/c1-12-9-17(13(2)36-12)22(29)20-21(14-5-4-6-15(10-14)28(32)33)27(24(31)23(20)30)25-26-18-8-7-16(38(3,34)35)11-19(18)37-25/h4-11,30-31H,1-3H3. The van der Waals surface area contributed by atoms with Crippen molar-refractivity contribution in [3.8, 4) is 28.0 Å². The minimum Gasteiger partial charge on any atom is -0.503 e. The molecule has 13 heteroatoms. The van der Waals surface area contributed by atoms with Crippen LogP contribution in [0.3, 0.4) is 0 Å². The second-order valence-corrected chi connectivity index (χ2v) is 11.6. The predicted molar refractivity (Wildman–Crippen MR) is 139 cm³/mol. The molecule has 0 atom stereocenters. The van der Waals surface area contributed by atoms with Gasteiger partial charge in [0.15, 0.2) is 20.7 Å². The Labute approximate surface area is 219 Å². The van der Waals surface area contributed by atoms with Crippen molar-refractivity contribution in [2.75, 3.05) is 6.26 Å². The number of carbonyl (C=O) groups is 1. The monoisotopic (exact) mass is 553 g/mol. The lowest BCUT2D eigenvalue weighted by atomic mass is 9.99. The molecule has 0 aliphatic heterocycles. The summed E-state index contributed by atoms with van der Waals surface area (Å²) in [5.41, 5.74) is 0.0994. The largest absolute Gasteiger partial charge is 0.503 e. The average Bonchev–Trinajstić information content (AvgIpc) is 3.50. The van der Waals surface area contributed by atoms with Crippen LogP contribution in [-0.2, 0) is 9.84 Å². The van der Waals surface area contributed by atoms with Crippen LogP contribution in [0.5, 0.6) is 11.6 Å². The van der Waals surface area contributed by atoms with Crippen LogP contribution in [0.1, 0.15) is 27.4 Å². The summed E-state index contributed by atoms with van der Waals surface area (Å²) in [4.78, 5) is 29.1. The number of non-ortho nitro benzene ring substituents is 1. The third kappa shape index (κ3) is 4.11. The van der Waals surface area contributed by atoms with E-state index in [1.807, 2.05) is 0 Å². The summed E-state index contributed by atoms with van der Waals surface area (Å²) in [5.74, 6) is -1.38. The number of thiazole rings is 1. The summed E-state index contributed by atoms with van der Waals surface area (Å²) < 4.78 is 31.1. The van der Waals surface area contributed by atoms with Gasteiger partial charge in [-0.05, 0) is 38.1 Å². The zero-order chi connectivity index (χ0) is 27.5. The minimum atomic E-state index is -3.50. The van der Waals surface area contributed by atoms with E-state index in [-0.39, 0.29) is 43.9 Å². The number of hydrogen-bond donors (Lipinski definition) is 2. The molecule has 0 aliphatic carbocycles.